The summed E-state index contributed by atoms with van der Waals surface area (Å²) in [5, 5.41) is 11.0. The molecule has 0 unspecified atom stereocenters. The number of rotatable bonds is 4. The molecule has 0 aliphatic carbocycles. The molecule has 1 saturated heterocycles. The van der Waals surface area contributed by atoms with Gasteiger partial charge in [-0.25, -0.2) is 14.6 Å². The number of pyridine rings is 1. The number of hydrogen-bond acceptors (Lipinski definition) is 6. The normalized spacial score (nSPS) is 14.6. The van der Waals surface area contributed by atoms with Crippen LogP contribution in [0.25, 0.3) is 5.82 Å². The lowest BCUT2D eigenvalue weighted by Gasteiger charge is -2.20. The molecule has 1 aliphatic rings. The largest absolute Gasteiger partial charge is 0.317 e. The smallest absolute Gasteiger partial charge is 0.276 e. The Bertz CT molecular complexity index is 860. The number of halogens is 1. The molecule has 7 nitrogen and oxygen atoms in total. The fourth-order valence-electron chi connectivity index (χ4n) is 2.88. The van der Waals surface area contributed by atoms with Crippen molar-refractivity contribution in [1.29, 1.82) is 0 Å². The summed E-state index contributed by atoms with van der Waals surface area (Å²) >= 11 is 1.55. The number of aromatic nitrogens is 4. The Hall–Kier alpha value is -2.29. The van der Waals surface area contributed by atoms with Crippen LogP contribution in [0.15, 0.2) is 42.9 Å². The highest BCUT2D eigenvalue weighted by Crippen LogP contribution is 2.31. The van der Waals surface area contributed by atoms with Gasteiger partial charge in [0, 0.05) is 23.5 Å². The van der Waals surface area contributed by atoms with E-state index >= 15 is 0 Å². The van der Waals surface area contributed by atoms with Gasteiger partial charge in [0.1, 0.15) is 5.69 Å². The van der Waals surface area contributed by atoms with Crippen molar-refractivity contribution in [2.75, 3.05) is 18.4 Å². The molecule has 26 heavy (non-hydrogen) atoms. The average Bonchev–Trinajstić information content (AvgIpc) is 3.35. The molecule has 1 amide bonds. The number of piperidine rings is 1. The topological polar surface area (TPSA) is 84.7 Å². The van der Waals surface area contributed by atoms with Crippen LogP contribution in [-0.4, -0.2) is 38.7 Å². The lowest BCUT2D eigenvalue weighted by Crippen LogP contribution is -2.26. The molecular weight excluding hydrogens is 372 g/mol. The van der Waals surface area contributed by atoms with Gasteiger partial charge in [0.15, 0.2) is 10.9 Å². The van der Waals surface area contributed by atoms with E-state index < -0.39 is 0 Å². The first-order valence-electron chi connectivity index (χ1n) is 8.24. The van der Waals surface area contributed by atoms with Gasteiger partial charge in [0.25, 0.3) is 5.91 Å². The van der Waals surface area contributed by atoms with Crippen molar-refractivity contribution in [3.63, 3.8) is 0 Å². The van der Waals surface area contributed by atoms with Crippen molar-refractivity contribution in [2.45, 2.75) is 18.8 Å². The first kappa shape index (κ1) is 18.5. The van der Waals surface area contributed by atoms with Gasteiger partial charge >= 0.3 is 0 Å². The van der Waals surface area contributed by atoms with E-state index in [9.17, 15) is 4.79 Å². The Morgan fingerprint density at radius 2 is 2.12 bits per heavy atom. The summed E-state index contributed by atoms with van der Waals surface area (Å²) < 4.78 is 1.62. The first-order chi connectivity index (χ1) is 12.3. The Morgan fingerprint density at radius 3 is 2.88 bits per heavy atom. The fraction of sp³-hybridized carbons (Fsp3) is 0.294. The summed E-state index contributed by atoms with van der Waals surface area (Å²) in [4.78, 5) is 22.4. The summed E-state index contributed by atoms with van der Waals surface area (Å²) in [6, 6.07) is 7.10. The molecule has 4 heterocycles. The minimum absolute atomic E-state index is 0. The third kappa shape index (κ3) is 4.09. The van der Waals surface area contributed by atoms with Gasteiger partial charge in [-0.1, -0.05) is 6.07 Å². The molecule has 0 atom stereocenters. The van der Waals surface area contributed by atoms with Crippen LogP contribution >= 0.6 is 23.7 Å². The van der Waals surface area contributed by atoms with Crippen LogP contribution in [-0.2, 0) is 0 Å². The molecule has 2 N–H and O–H groups in total. The summed E-state index contributed by atoms with van der Waals surface area (Å²) in [5.74, 6) is 0.873. The van der Waals surface area contributed by atoms with E-state index in [1.165, 1.54) is 4.88 Å². The van der Waals surface area contributed by atoms with Gasteiger partial charge < -0.3 is 5.32 Å². The number of carbonyl (C=O) groups excluding carboxylic acids is 1. The molecule has 0 radical (unpaired) electrons. The third-order valence-corrected chi connectivity index (χ3v) is 5.27. The summed E-state index contributed by atoms with van der Waals surface area (Å²) in [5.41, 5.74) is 0.339. The lowest BCUT2D eigenvalue weighted by molar-refractivity contribution is 0.102. The predicted molar refractivity (Wildman–Crippen MR) is 104 cm³/mol. The van der Waals surface area contributed by atoms with Gasteiger partial charge in [-0.2, -0.15) is 5.10 Å². The van der Waals surface area contributed by atoms with Crippen molar-refractivity contribution in [1.82, 2.24) is 25.1 Å². The summed E-state index contributed by atoms with van der Waals surface area (Å²) in [6.45, 7) is 2.07. The second-order valence-corrected chi connectivity index (χ2v) is 6.94. The van der Waals surface area contributed by atoms with Crippen LogP contribution in [0.5, 0.6) is 0 Å². The van der Waals surface area contributed by atoms with Crippen LogP contribution in [0.4, 0.5) is 5.13 Å². The van der Waals surface area contributed by atoms with Crippen LogP contribution in [0.2, 0.25) is 0 Å². The second-order valence-electron chi connectivity index (χ2n) is 5.88. The van der Waals surface area contributed by atoms with E-state index in [2.05, 4.69) is 25.7 Å². The molecule has 3 aromatic heterocycles. The quantitative estimate of drug-likeness (QED) is 0.715. The van der Waals surface area contributed by atoms with E-state index in [0.29, 0.717) is 22.6 Å². The van der Waals surface area contributed by atoms with Crippen molar-refractivity contribution >= 4 is 34.8 Å². The number of anilines is 1. The Balaban J connectivity index is 0.00000196. The Kier molecular flexibility index (Phi) is 5.97. The van der Waals surface area contributed by atoms with Gasteiger partial charge in [-0.3, -0.25) is 10.1 Å². The number of nitrogens with zero attached hydrogens (tertiary/aromatic N) is 4. The van der Waals surface area contributed by atoms with Crippen molar-refractivity contribution in [3.05, 3.63) is 53.4 Å². The van der Waals surface area contributed by atoms with Crippen molar-refractivity contribution in [2.24, 2.45) is 0 Å². The minimum Gasteiger partial charge on any atom is -0.317 e. The molecule has 0 spiro atoms. The highest BCUT2D eigenvalue weighted by atomic mass is 35.5. The van der Waals surface area contributed by atoms with Crippen LogP contribution < -0.4 is 10.6 Å². The molecule has 136 valence electrons. The number of carbonyl (C=O) groups is 1. The lowest BCUT2D eigenvalue weighted by atomic mass is 9.97. The monoisotopic (exact) mass is 390 g/mol. The molecule has 0 saturated carbocycles. The SMILES string of the molecule is Cl.O=C(Nc1ncc(C2CCNCC2)s1)c1cccc(-n2cccn2)n1. The minimum atomic E-state index is -0.264. The summed E-state index contributed by atoms with van der Waals surface area (Å²) in [6.07, 6.45) is 7.57. The van der Waals surface area contributed by atoms with E-state index in [0.717, 1.165) is 25.9 Å². The standard InChI is InChI=1S/C17H18N6OS.ClH/c24-16(13-3-1-4-15(21-13)23-10-2-7-20-23)22-17-19-11-14(25-17)12-5-8-18-9-6-12;/h1-4,7,10-12,18H,5-6,8-9H2,(H,19,22,24);1H. The Labute approximate surface area is 161 Å². The molecule has 1 aliphatic heterocycles. The number of thiazole rings is 1. The number of amides is 1. The highest BCUT2D eigenvalue weighted by molar-refractivity contribution is 7.15. The summed E-state index contributed by atoms with van der Waals surface area (Å²) in [7, 11) is 0. The molecule has 3 aromatic rings. The third-order valence-electron chi connectivity index (χ3n) is 4.19. The van der Waals surface area contributed by atoms with Crippen LogP contribution in [0.1, 0.15) is 34.1 Å². The van der Waals surface area contributed by atoms with Gasteiger partial charge in [-0.15, -0.1) is 23.7 Å². The molecular formula is C17H19ClN6OS. The van der Waals surface area contributed by atoms with E-state index in [-0.39, 0.29) is 18.3 Å². The molecule has 1 fully saturated rings. The van der Waals surface area contributed by atoms with E-state index in [1.54, 1.807) is 40.5 Å². The zero-order valence-corrected chi connectivity index (χ0v) is 15.6. The van der Waals surface area contributed by atoms with Gasteiger partial charge in [0.2, 0.25) is 0 Å². The fourth-order valence-corrected chi connectivity index (χ4v) is 3.86. The molecule has 4 rings (SSSR count). The predicted octanol–water partition coefficient (Wildman–Crippen LogP) is 2.86. The number of hydrogen-bond donors (Lipinski definition) is 2. The molecule has 0 bridgehead atoms. The molecule has 9 heteroatoms. The number of nitrogens with one attached hydrogen (secondary N) is 2. The molecule has 0 aromatic carbocycles. The van der Waals surface area contributed by atoms with Crippen LogP contribution in [0, 0.1) is 0 Å². The Morgan fingerprint density at radius 1 is 1.27 bits per heavy atom. The van der Waals surface area contributed by atoms with Gasteiger partial charge in [-0.05, 0) is 50.0 Å². The van der Waals surface area contributed by atoms with E-state index in [1.807, 2.05) is 18.3 Å². The maximum atomic E-state index is 12.5. The average molecular weight is 391 g/mol. The van der Waals surface area contributed by atoms with Crippen LogP contribution in [0.3, 0.4) is 0 Å². The second kappa shape index (κ2) is 8.39. The maximum Gasteiger partial charge on any atom is 0.276 e. The zero-order valence-electron chi connectivity index (χ0n) is 14.0. The van der Waals surface area contributed by atoms with E-state index in [4.69, 9.17) is 0 Å². The van der Waals surface area contributed by atoms with Gasteiger partial charge in [0.05, 0.1) is 0 Å². The maximum absolute atomic E-state index is 12.5. The first-order valence-corrected chi connectivity index (χ1v) is 9.06. The van der Waals surface area contributed by atoms with Crippen molar-refractivity contribution in [3.8, 4) is 5.82 Å². The highest BCUT2D eigenvalue weighted by Gasteiger charge is 2.19. The zero-order chi connectivity index (χ0) is 17.1. The van der Waals surface area contributed by atoms with Crippen molar-refractivity contribution < 1.29 is 4.79 Å².